The second kappa shape index (κ2) is 7.85. The van der Waals surface area contributed by atoms with E-state index in [1.54, 1.807) is 12.1 Å². The van der Waals surface area contributed by atoms with Gasteiger partial charge in [-0.1, -0.05) is 29.8 Å². The van der Waals surface area contributed by atoms with E-state index in [1.165, 1.54) is 0 Å². The Labute approximate surface area is 136 Å². The molecule has 22 heavy (non-hydrogen) atoms. The van der Waals surface area contributed by atoms with E-state index < -0.39 is 0 Å². The van der Waals surface area contributed by atoms with Crippen molar-refractivity contribution in [3.05, 3.63) is 64.7 Å². The van der Waals surface area contributed by atoms with Gasteiger partial charge in [0.05, 0.1) is 6.61 Å². The Morgan fingerprint density at radius 2 is 1.95 bits per heavy atom. The fraction of sp³-hybridized carbons (Fsp3) is 0.278. The van der Waals surface area contributed by atoms with Crippen molar-refractivity contribution in [3.8, 4) is 5.75 Å². The van der Waals surface area contributed by atoms with Crippen LogP contribution in [0.2, 0.25) is 5.02 Å². The number of rotatable bonds is 6. The molecule has 1 N–H and O–H groups in total. The lowest BCUT2D eigenvalue weighted by Crippen LogP contribution is -2.34. The molecular formula is C18H20ClNO2. The summed E-state index contributed by atoms with van der Waals surface area (Å²) >= 11 is 5.87. The minimum Gasteiger partial charge on any atom is -0.494 e. The summed E-state index contributed by atoms with van der Waals surface area (Å²) in [4.78, 5) is 12.3. The van der Waals surface area contributed by atoms with Gasteiger partial charge in [-0.25, -0.2) is 0 Å². The van der Waals surface area contributed by atoms with E-state index in [4.69, 9.17) is 16.3 Å². The van der Waals surface area contributed by atoms with Crippen LogP contribution in [-0.4, -0.2) is 18.6 Å². The summed E-state index contributed by atoms with van der Waals surface area (Å²) in [7, 11) is 0. The highest BCUT2D eigenvalue weighted by molar-refractivity contribution is 6.30. The molecule has 0 aliphatic carbocycles. The molecule has 0 spiro atoms. The molecule has 4 heteroatoms. The number of amides is 1. The summed E-state index contributed by atoms with van der Waals surface area (Å²) in [6.45, 7) is 4.48. The lowest BCUT2D eigenvalue weighted by Gasteiger charge is -2.14. The van der Waals surface area contributed by atoms with Crippen LogP contribution in [0, 0.1) is 0 Å². The monoisotopic (exact) mass is 317 g/mol. The Bertz CT molecular complexity index is 625. The Kier molecular flexibility index (Phi) is 5.84. The molecule has 2 aromatic carbocycles. The third-order valence-electron chi connectivity index (χ3n) is 3.24. The zero-order valence-electron chi connectivity index (χ0n) is 12.8. The summed E-state index contributed by atoms with van der Waals surface area (Å²) in [5, 5.41) is 3.72. The first kappa shape index (κ1) is 16.4. The van der Waals surface area contributed by atoms with E-state index in [-0.39, 0.29) is 11.9 Å². The molecule has 0 aliphatic heterocycles. The maximum atomic E-state index is 12.3. The minimum absolute atomic E-state index is 0.0319. The van der Waals surface area contributed by atoms with Crippen LogP contribution >= 0.6 is 11.6 Å². The Hall–Kier alpha value is -2.00. The third-order valence-corrected chi connectivity index (χ3v) is 3.49. The molecule has 0 bridgehead atoms. The van der Waals surface area contributed by atoms with Crippen molar-refractivity contribution in [1.82, 2.24) is 5.32 Å². The van der Waals surface area contributed by atoms with Crippen LogP contribution in [0.5, 0.6) is 5.75 Å². The molecule has 0 heterocycles. The molecular weight excluding hydrogens is 298 g/mol. The van der Waals surface area contributed by atoms with Gasteiger partial charge in [-0.3, -0.25) is 4.79 Å². The van der Waals surface area contributed by atoms with Crippen molar-refractivity contribution in [3.63, 3.8) is 0 Å². The summed E-state index contributed by atoms with van der Waals surface area (Å²) < 4.78 is 5.42. The molecule has 0 saturated carbocycles. The normalized spacial score (nSPS) is 11.8. The molecule has 0 fully saturated rings. The van der Waals surface area contributed by atoms with Crippen molar-refractivity contribution in [2.45, 2.75) is 26.3 Å². The zero-order chi connectivity index (χ0) is 15.9. The van der Waals surface area contributed by atoms with Crippen LogP contribution in [0.3, 0.4) is 0 Å². The second-order valence-electron chi connectivity index (χ2n) is 5.17. The van der Waals surface area contributed by atoms with Crippen LogP contribution in [-0.2, 0) is 6.42 Å². The minimum atomic E-state index is -0.0944. The van der Waals surface area contributed by atoms with Crippen molar-refractivity contribution in [2.75, 3.05) is 6.61 Å². The highest BCUT2D eigenvalue weighted by Gasteiger charge is 2.11. The second-order valence-corrected chi connectivity index (χ2v) is 5.60. The van der Waals surface area contributed by atoms with Gasteiger partial charge in [-0.05, 0) is 56.2 Å². The lowest BCUT2D eigenvalue weighted by molar-refractivity contribution is 0.0939. The maximum Gasteiger partial charge on any atom is 0.251 e. The predicted octanol–water partition coefficient (Wildman–Crippen LogP) is 4.10. The zero-order valence-corrected chi connectivity index (χ0v) is 13.6. The molecule has 2 rings (SSSR count). The molecule has 0 unspecified atom stereocenters. The Balaban J connectivity index is 1.95. The summed E-state index contributed by atoms with van der Waals surface area (Å²) in [5.74, 6) is 0.614. The van der Waals surface area contributed by atoms with E-state index in [0.29, 0.717) is 22.9 Å². The number of hydrogen-bond acceptors (Lipinski definition) is 2. The van der Waals surface area contributed by atoms with Gasteiger partial charge in [0.1, 0.15) is 5.75 Å². The van der Waals surface area contributed by atoms with Crippen molar-refractivity contribution in [2.24, 2.45) is 0 Å². The first-order valence-electron chi connectivity index (χ1n) is 7.36. The quantitative estimate of drug-likeness (QED) is 0.871. The largest absolute Gasteiger partial charge is 0.494 e. The van der Waals surface area contributed by atoms with Crippen LogP contribution in [0.15, 0.2) is 48.5 Å². The highest BCUT2D eigenvalue weighted by atomic mass is 35.5. The summed E-state index contributed by atoms with van der Waals surface area (Å²) in [6, 6.07) is 14.9. The number of benzene rings is 2. The first-order chi connectivity index (χ1) is 10.6. The molecule has 2 aromatic rings. The van der Waals surface area contributed by atoms with E-state index in [2.05, 4.69) is 5.32 Å². The average molecular weight is 318 g/mol. The van der Waals surface area contributed by atoms with E-state index in [0.717, 1.165) is 12.0 Å². The molecule has 0 radical (unpaired) electrons. The fourth-order valence-corrected chi connectivity index (χ4v) is 2.35. The van der Waals surface area contributed by atoms with Crippen molar-refractivity contribution < 1.29 is 9.53 Å². The molecule has 3 nitrogen and oxygen atoms in total. The van der Waals surface area contributed by atoms with Crippen molar-refractivity contribution >= 4 is 17.5 Å². The standard InChI is InChI=1S/C18H20ClNO2/c1-3-22-17-6-4-5-15(12-17)18(21)20-13(2)11-14-7-9-16(19)10-8-14/h4-10,12-13H,3,11H2,1-2H3,(H,20,21)/t13-/m0/s1. The highest BCUT2D eigenvalue weighted by Crippen LogP contribution is 2.14. The number of halogens is 1. The molecule has 0 saturated heterocycles. The van der Waals surface area contributed by atoms with Gasteiger partial charge in [0, 0.05) is 16.6 Å². The van der Waals surface area contributed by atoms with Gasteiger partial charge in [-0.2, -0.15) is 0 Å². The number of nitrogens with one attached hydrogen (secondary N) is 1. The summed E-state index contributed by atoms with van der Waals surface area (Å²) in [5.41, 5.74) is 1.74. The van der Waals surface area contributed by atoms with Crippen LogP contribution in [0.4, 0.5) is 0 Å². The van der Waals surface area contributed by atoms with Gasteiger partial charge in [0.25, 0.3) is 5.91 Å². The topological polar surface area (TPSA) is 38.3 Å². The fourth-order valence-electron chi connectivity index (χ4n) is 2.23. The van der Waals surface area contributed by atoms with E-state index >= 15 is 0 Å². The van der Waals surface area contributed by atoms with Crippen LogP contribution in [0.25, 0.3) is 0 Å². The van der Waals surface area contributed by atoms with Crippen LogP contribution < -0.4 is 10.1 Å². The number of ether oxygens (including phenoxy) is 1. The van der Waals surface area contributed by atoms with Gasteiger partial charge in [0.2, 0.25) is 0 Å². The first-order valence-corrected chi connectivity index (χ1v) is 7.74. The molecule has 0 aliphatic rings. The van der Waals surface area contributed by atoms with Crippen molar-refractivity contribution in [1.29, 1.82) is 0 Å². The number of carbonyl (C=O) groups excluding carboxylic acids is 1. The average Bonchev–Trinajstić information content (AvgIpc) is 2.50. The van der Waals surface area contributed by atoms with Gasteiger partial charge < -0.3 is 10.1 Å². The van der Waals surface area contributed by atoms with E-state index in [9.17, 15) is 4.79 Å². The Morgan fingerprint density at radius 1 is 1.23 bits per heavy atom. The third kappa shape index (κ3) is 4.78. The van der Waals surface area contributed by atoms with E-state index in [1.807, 2.05) is 50.2 Å². The SMILES string of the molecule is CCOc1cccc(C(=O)N[C@@H](C)Cc2ccc(Cl)cc2)c1. The molecule has 1 atom stereocenters. The van der Waals surface area contributed by atoms with Gasteiger partial charge >= 0.3 is 0 Å². The van der Waals surface area contributed by atoms with Gasteiger partial charge in [-0.15, -0.1) is 0 Å². The van der Waals surface area contributed by atoms with Gasteiger partial charge in [0.15, 0.2) is 0 Å². The predicted molar refractivity (Wildman–Crippen MR) is 89.7 cm³/mol. The number of carbonyl (C=O) groups is 1. The molecule has 0 aromatic heterocycles. The molecule has 116 valence electrons. The summed E-state index contributed by atoms with van der Waals surface area (Å²) in [6.07, 6.45) is 0.758. The lowest BCUT2D eigenvalue weighted by atomic mass is 10.1. The smallest absolute Gasteiger partial charge is 0.251 e. The van der Waals surface area contributed by atoms with Crippen LogP contribution in [0.1, 0.15) is 29.8 Å². The molecule has 1 amide bonds. The Morgan fingerprint density at radius 3 is 2.64 bits per heavy atom. The number of hydrogen-bond donors (Lipinski definition) is 1. The maximum absolute atomic E-state index is 12.3.